The molecule has 2 aromatic rings. The second-order valence-corrected chi connectivity index (χ2v) is 8.05. The van der Waals surface area contributed by atoms with E-state index in [9.17, 15) is 29.3 Å². The molecule has 1 fully saturated rings. The van der Waals surface area contributed by atoms with Gasteiger partial charge < -0.3 is 15.0 Å². The van der Waals surface area contributed by atoms with Crippen LogP contribution in [0.4, 0.5) is 17.2 Å². The number of amides is 1. The van der Waals surface area contributed by atoms with Gasteiger partial charge in [-0.1, -0.05) is 6.92 Å². The number of piperidine rings is 1. The predicted octanol–water partition coefficient (Wildman–Crippen LogP) is 1.02. The van der Waals surface area contributed by atoms with Gasteiger partial charge in [-0.25, -0.2) is 9.59 Å². The number of nitrogens with one attached hydrogen (secondary N) is 1. The molecular formula is C21H25N5O7. The Balaban J connectivity index is 1.70. The van der Waals surface area contributed by atoms with Gasteiger partial charge in [-0.2, -0.15) is 0 Å². The largest absolute Gasteiger partial charge is 0.452 e. The van der Waals surface area contributed by atoms with Crippen LogP contribution in [0.2, 0.25) is 0 Å². The highest BCUT2D eigenvalue weighted by Crippen LogP contribution is 2.32. The zero-order valence-electron chi connectivity index (χ0n) is 18.6. The molecule has 2 heterocycles. The van der Waals surface area contributed by atoms with Gasteiger partial charge in [0.05, 0.1) is 10.5 Å². The summed E-state index contributed by atoms with van der Waals surface area (Å²) < 4.78 is 6.90. The molecule has 0 aliphatic carbocycles. The van der Waals surface area contributed by atoms with E-state index in [2.05, 4.69) is 12.2 Å². The predicted molar refractivity (Wildman–Crippen MR) is 120 cm³/mol. The molecule has 12 heteroatoms. The summed E-state index contributed by atoms with van der Waals surface area (Å²) in [4.78, 5) is 61.2. The minimum atomic E-state index is -0.912. The zero-order chi connectivity index (χ0) is 24.3. The van der Waals surface area contributed by atoms with Gasteiger partial charge >= 0.3 is 11.7 Å². The number of hydrogen-bond donors (Lipinski definition) is 1. The van der Waals surface area contributed by atoms with E-state index in [-0.39, 0.29) is 17.1 Å². The van der Waals surface area contributed by atoms with E-state index < -0.39 is 34.7 Å². The Labute approximate surface area is 188 Å². The fourth-order valence-corrected chi connectivity index (χ4v) is 3.72. The van der Waals surface area contributed by atoms with Crippen molar-refractivity contribution >= 4 is 29.1 Å². The van der Waals surface area contributed by atoms with E-state index in [4.69, 9.17) is 4.74 Å². The smallest absolute Gasteiger partial charge is 0.338 e. The van der Waals surface area contributed by atoms with Crippen molar-refractivity contribution < 1.29 is 19.2 Å². The lowest BCUT2D eigenvalue weighted by Gasteiger charge is -2.32. The normalized spacial score (nSPS) is 15.7. The maximum atomic E-state index is 12.4. The fourth-order valence-electron chi connectivity index (χ4n) is 3.72. The number of ether oxygens (including phenoxy) is 1. The lowest BCUT2D eigenvalue weighted by Crippen LogP contribution is -2.38. The number of hydrogen-bond acceptors (Lipinski definition) is 8. The first kappa shape index (κ1) is 23.7. The van der Waals surface area contributed by atoms with Crippen LogP contribution in [0.5, 0.6) is 0 Å². The highest BCUT2D eigenvalue weighted by atomic mass is 16.6. The number of nitrogens with zero attached hydrogens (tertiary/aromatic N) is 4. The van der Waals surface area contributed by atoms with Crippen LogP contribution < -0.4 is 21.5 Å². The topological polar surface area (TPSA) is 146 Å². The molecule has 0 bridgehead atoms. The van der Waals surface area contributed by atoms with Crippen LogP contribution in [0, 0.1) is 16.0 Å². The number of aromatic nitrogens is 2. The third-order valence-corrected chi connectivity index (χ3v) is 5.53. The van der Waals surface area contributed by atoms with Crippen molar-refractivity contribution in [2.24, 2.45) is 20.0 Å². The molecule has 1 saturated heterocycles. The van der Waals surface area contributed by atoms with E-state index in [1.54, 1.807) is 0 Å². The van der Waals surface area contributed by atoms with Crippen molar-refractivity contribution in [2.75, 3.05) is 29.9 Å². The highest BCUT2D eigenvalue weighted by Gasteiger charge is 2.25. The van der Waals surface area contributed by atoms with E-state index in [0.29, 0.717) is 24.7 Å². The van der Waals surface area contributed by atoms with Crippen LogP contribution in [0.25, 0.3) is 0 Å². The fraction of sp³-hybridized carbons (Fsp3) is 0.429. The van der Waals surface area contributed by atoms with E-state index in [0.717, 1.165) is 34.1 Å². The second kappa shape index (κ2) is 9.67. The highest BCUT2D eigenvalue weighted by molar-refractivity contribution is 5.95. The standard InChI is InChI=1S/C21H25N5O7/c1-13-5-4-8-25(11-13)15-7-6-14(9-16(15)26(31)32)20(29)33-12-18(27)22-17-10-19(28)24(3)21(30)23(17)2/h6-7,9-10,13H,4-5,8,11-12H2,1-3H3,(H,22,27). The van der Waals surface area contributed by atoms with Crippen molar-refractivity contribution in [3.63, 3.8) is 0 Å². The van der Waals surface area contributed by atoms with Gasteiger partial charge in [-0.05, 0) is 30.9 Å². The first-order valence-corrected chi connectivity index (χ1v) is 10.4. The van der Waals surface area contributed by atoms with Crippen molar-refractivity contribution in [1.29, 1.82) is 0 Å². The maximum absolute atomic E-state index is 12.4. The Morgan fingerprint density at radius 3 is 2.61 bits per heavy atom. The summed E-state index contributed by atoms with van der Waals surface area (Å²) in [6.07, 6.45) is 1.98. The molecule has 176 valence electrons. The summed E-state index contributed by atoms with van der Waals surface area (Å²) in [5.74, 6) is -1.34. The molecule has 1 aliphatic heterocycles. The number of benzene rings is 1. The Morgan fingerprint density at radius 2 is 1.94 bits per heavy atom. The van der Waals surface area contributed by atoms with Crippen molar-refractivity contribution in [3.8, 4) is 0 Å². The average Bonchev–Trinajstić information content (AvgIpc) is 2.79. The molecule has 0 spiro atoms. The molecule has 0 saturated carbocycles. The summed E-state index contributed by atoms with van der Waals surface area (Å²) >= 11 is 0. The van der Waals surface area contributed by atoms with Gasteiger partial charge in [0.25, 0.3) is 17.2 Å². The van der Waals surface area contributed by atoms with Crippen LogP contribution in [-0.2, 0) is 23.6 Å². The summed E-state index contributed by atoms with van der Waals surface area (Å²) in [5, 5.41) is 13.9. The van der Waals surface area contributed by atoms with Crippen molar-refractivity contribution in [2.45, 2.75) is 19.8 Å². The van der Waals surface area contributed by atoms with E-state index in [1.807, 2.05) is 4.90 Å². The van der Waals surface area contributed by atoms with Gasteiger partial charge in [-0.15, -0.1) is 0 Å². The number of carbonyl (C=O) groups excluding carboxylic acids is 2. The van der Waals surface area contributed by atoms with Crippen molar-refractivity contribution in [1.82, 2.24) is 9.13 Å². The molecule has 3 rings (SSSR count). The van der Waals surface area contributed by atoms with Gasteiger partial charge in [0.15, 0.2) is 6.61 Å². The maximum Gasteiger partial charge on any atom is 0.338 e. The molecule has 1 aromatic heterocycles. The Bertz CT molecular complexity index is 1220. The van der Waals surface area contributed by atoms with Crippen LogP contribution >= 0.6 is 0 Å². The molecule has 1 unspecified atom stereocenters. The van der Waals surface area contributed by atoms with Crippen LogP contribution in [0.1, 0.15) is 30.1 Å². The molecule has 1 aromatic carbocycles. The Morgan fingerprint density at radius 1 is 1.21 bits per heavy atom. The Kier molecular flexibility index (Phi) is 6.95. The number of esters is 1. The lowest BCUT2D eigenvalue weighted by molar-refractivity contribution is -0.384. The zero-order valence-corrected chi connectivity index (χ0v) is 18.6. The minimum Gasteiger partial charge on any atom is -0.452 e. The second-order valence-electron chi connectivity index (χ2n) is 8.05. The quantitative estimate of drug-likeness (QED) is 0.383. The monoisotopic (exact) mass is 459 g/mol. The molecule has 1 N–H and O–H groups in total. The number of rotatable bonds is 6. The molecule has 1 atom stereocenters. The SMILES string of the molecule is CC1CCCN(c2ccc(C(=O)OCC(=O)Nc3cc(=O)n(C)c(=O)n3C)cc2[N+](=O)[O-])C1. The van der Waals surface area contributed by atoms with Crippen LogP contribution in [0.15, 0.2) is 33.9 Å². The number of anilines is 2. The minimum absolute atomic E-state index is 0.0556. The molecule has 12 nitrogen and oxygen atoms in total. The Hall–Kier alpha value is -3.96. The number of nitro benzene ring substituents is 1. The molecule has 0 radical (unpaired) electrons. The summed E-state index contributed by atoms with van der Waals surface area (Å²) in [6, 6.07) is 5.14. The van der Waals surface area contributed by atoms with E-state index in [1.165, 1.54) is 26.2 Å². The van der Waals surface area contributed by atoms with Gasteiger partial charge in [-0.3, -0.25) is 28.8 Å². The van der Waals surface area contributed by atoms with Gasteiger partial charge in [0.2, 0.25) is 0 Å². The first-order chi connectivity index (χ1) is 15.6. The van der Waals surface area contributed by atoms with Crippen LogP contribution in [-0.4, -0.2) is 45.6 Å². The number of nitro groups is 1. The molecule has 33 heavy (non-hydrogen) atoms. The molecule has 1 aliphatic rings. The van der Waals surface area contributed by atoms with E-state index >= 15 is 0 Å². The average molecular weight is 459 g/mol. The summed E-state index contributed by atoms with van der Waals surface area (Å²) in [6.45, 7) is 2.76. The lowest BCUT2D eigenvalue weighted by atomic mass is 9.99. The first-order valence-electron chi connectivity index (χ1n) is 10.4. The van der Waals surface area contributed by atoms with Crippen molar-refractivity contribution in [3.05, 3.63) is 60.8 Å². The van der Waals surface area contributed by atoms with Crippen LogP contribution in [0.3, 0.4) is 0 Å². The summed E-state index contributed by atoms with van der Waals surface area (Å²) in [5.41, 5.74) is -1.08. The van der Waals surface area contributed by atoms with Gasteiger partial charge in [0, 0.05) is 39.3 Å². The summed E-state index contributed by atoms with van der Waals surface area (Å²) in [7, 11) is 2.67. The molecular weight excluding hydrogens is 434 g/mol. The third kappa shape index (κ3) is 5.27. The third-order valence-electron chi connectivity index (χ3n) is 5.53. The van der Waals surface area contributed by atoms with Gasteiger partial charge in [0.1, 0.15) is 11.5 Å². The molecule has 1 amide bonds. The number of carbonyl (C=O) groups is 2.